The van der Waals surface area contributed by atoms with Gasteiger partial charge in [0.15, 0.2) is 0 Å². The minimum Gasteiger partial charge on any atom is -0.388 e. The molecule has 2 heteroatoms. The van der Waals surface area contributed by atoms with Gasteiger partial charge in [-0.15, -0.1) is 0 Å². The van der Waals surface area contributed by atoms with Crippen LogP contribution in [0.15, 0.2) is 18.2 Å². The Hall–Kier alpha value is -0.860. The fraction of sp³-hybridized carbons (Fsp3) is 0.647. The molecule has 1 fully saturated rings. The van der Waals surface area contributed by atoms with Crippen LogP contribution in [0, 0.1) is 19.8 Å². The van der Waals surface area contributed by atoms with E-state index in [1.165, 1.54) is 5.56 Å². The average Bonchev–Trinajstić information content (AvgIpc) is 2.45. The monoisotopic (exact) mass is 262 g/mol. The summed E-state index contributed by atoms with van der Waals surface area (Å²) in [6.45, 7) is 12.5. The van der Waals surface area contributed by atoms with E-state index in [-0.39, 0.29) is 17.1 Å². The second kappa shape index (κ2) is 4.60. The molecule has 2 unspecified atom stereocenters. The van der Waals surface area contributed by atoms with Crippen molar-refractivity contribution in [2.75, 3.05) is 0 Å². The van der Waals surface area contributed by atoms with Gasteiger partial charge >= 0.3 is 0 Å². The molecule has 106 valence electrons. The maximum Gasteiger partial charge on any atom is 0.0849 e. The third-order valence-corrected chi connectivity index (χ3v) is 4.27. The summed E-state index contributed by atoms with van der Waals surface area (Å²) in [5, 5.41) is 10.8. The number of hydrogen-bond donors (Lipinski definition) is 1. The molecule has 0 aromatic heterocycles. The van der Waals surface area contributed by atoms with E-state index in [2.05, 4.69) is 59.7 Å². The highest BCUT2D eigenvalue weighted by Gasteiger charge is 2.49. The lowest BCUT2D eigenvalue weighted by atomic mass is 9.79. The number of benzene rings is 1. The number of aryl methyl sites for hydroxylation is 2. The lowest BCUT2D eigenvalue weighted by Gasteiger charge is -2.31. The fourth-order valence-electron chi connectivity index (χ4n) is 3.47. The Morgan fingerprint density at radius 2 is 1.84 bits per heavy atom. The fourth-order valence-corrected chi connectivity index (χ4v) is 3.47. The van der Waals surface area contributed by atoms with Crippen LogP contribution >= 0.6 is 0 Å². The molecule has 2 atom stereocenters. The zero-order valence-corrected chi connectivity index (χ0v) is 12.9. The largest absolute Gasteiger partial charge is 0.388 e. The third-order valence-electron chi connectivity index (χ3n) is 4.27. The normalized spacial score (nSPS) is 26.4. The minimum atomic E-state index is -0.461. The molecule has 0 saturated carbocycles. The number of aliphatic hydroxyl groups excluding tert-OH is 1. The quantitative estimate of drug-likeness (QED) is 0.875. The van der Waals surface area contributed by atoms with Gasteiger partial charge in [0.2, 0.25) is 0 Å². The predicted octanol–water partition coefficient (Wildman–Crippen LogP) is 3.93. The Kier molecular flexibility index (Phi) is 3.53. The molecule has 1 aromatic rings. The van der Waals surface area contributed by atoms with Crippen LogP contribution < -0.4 is 0 Å². The lowest BCUT2D eigenvalue weighted by Crippen LogP contribution is -2.32. The summed E-state index contributed by atoms with van der Waals surface area (Å²) in [6.07, 6.45) is 0.423. The van der Waals surface area contributed by atoms with Crippen LogP contribution in [0.25, 0.3) is 0 Å². The number of rotatable bonds is 2. The van der Waals surface area contributed by atoms with E-state index in [0.717, 1.165) is 17.5 Å². The standard InChI is InChI=1S/C17H26O2/c1-11-7-8-13(12(2)9-11)15(18)14-10-16(3,4)19-17(14,5)6/h7-9,14-15,18H,10H2,1-6H3. The molecule has 2 rings (SSSR count). The molecule has 0 amide bonds. The van der Waals surface area contributed by atoms with Crippen molar-refractivity contribution in [1.82, 2.24) is 0 Å². The summed E-state index contributed by atoms with van der Waals surface area (Å²) < 4.78 is 6.09. The van der Waals surface area contributed by atoms with E-state index >= 15 is 0 Å². The molecule has 1 saturated heterocycles. The van der Waals surface area contributed by atoms with Crippen molar-refractivity contribution in [3.63, 3.8) is 0 Å². The van der Waals surface area contributed by atoms with Gasteiger partial charge in [0.05, 0.1) is 17.3 Å². The second-order valence-electron chi connectivity index (χ2n) is 7.08. The summed E-state index contributed by atoms with van der Waals surface area (Å²) in [5.41, 5.74) is 2.97. The van der Waals surface area contributed by atoms with E-state index in [9.17, 15) is 5.11 Å². The molecule has 0 aliphatic carbocycles. The van der Waals surface area contributed by atoms with Gasteiger partial charge in [0.25, 0.3) is 0 Å². The van der Waals surface area contributed by atoms with Crippen molar-refractivity contribution < 1.29 is 9.84 Å². The van der Waals surface area contributed by atoms with E-state index < -0.39 is 6.10 Å². The highest BCUT2D eigenvalue weighted by molar-refractivity contribution is 5.33. The number of aliphatic hydroxyl groups is 1. The van der Waals surface area contributed by atoms with Crippen molar-refractivity contribution in [2.45, 2.75) is 65.3 Å². The van der Waals surface area contributed by atoms with Crippen LogP contribution in [-0.4, -0.2) is 16.3 Å². The van der Waals surface area contributed by atoms with Crippen LogP contribution in [0.5, 0.6) is 0 Å². The summed E-state index contributed by atoms with van der Waals surface area (Å²) >= 11 is 0. The molecular formula is C17H26O2. The van der Waals surface area contributed by atoms with Crippen LogP contribution in [0.1, 0.15) is 56.9 Å². The molecule has 1 N–H and O–H groups in total. The van der Waals surface area contributed by atoms with Gasteiger partial charge in [-0.05, 0) is 59.1 Å². The molecule has 1 aromatic carbocycles. The van der Waals surface area contributed by atoms with E-state index in [0.29, 0.717) is 0 Å². The van der Waals surface area contributed by atoms with E-state index in [4.69, 9.17) is 4.74 Å². The van der Waals surface area contributed by atoms with Gasteiger partial charge in [-0.25, -0.2) is 0 Å². The van der Waals surface area contributed by atoms with Gasteiger partial charge in [-0.3, -0.25) is 0 Å². The van der Waals surface area contributed by atoms with Crippen LogP contribution in [-0.2, 0) is 4.74 Å². The van der Waals surface area contributed by atoms with Crippen LogP contribution in [0.3, 0.4) is 0 Å². The Balaban J connectivity index is 2.31. The zero-order chi connectivity index (χ0) is 14.4. The first-order valence-corrected chi connectivity index (χ1v) is 7.08. The second-order valence-corrected chi connectivity index (χ2v) is 7.08. The predicted molar refractivity (Wildman–Crippen MR) is 78.2 cm³/mol. The molecular weight excluding hydrogens is 236 g/mol. The summed E-state index contributed by atoms with van der Waals surface area (Å²) in [4.78, 5) is 0. The molecule has 1 aliphatic rings. The van der Waals surface area contributed by atoms with Crippen molar-refractivity contribution in [3.05, 3.63) is 34.9 Å². The van der Waals surface area contributed by atoms with Gasteiger partial charge in [0.1, 0.15) is 0 Å². The highest BCUT2D eigenvalue weighted by atomic mass is 16.5. The van der Waals surface area contributed by atoms with Crippen molar-refractivity contribution >= 4 is 0 Å². The maximum atomic E-state index is 10.8. The SMILES string of the molecule is Cc1ccc(C(O)C2CC(C)(C)OC2(C)C)c(C)c1. The Bertz CT molecular complexity index is 474. The van der Waals surface area contributed by atoms with Crippen molar-refractivity contribution in [2.24, 2.45) is 5.92 Å². The summed E-state index contributed by atoms with van der Waals surface area (Å²) in [5.74, 6) is 0.129. The Morgan fingerprint density at radius 1 is 1.21 bits per heavy atom. The van der Waals surface area contributed by atoms with Crippen LogP contribution in [0.2, 0.25) is 0 Å². The van der Waals surface area contributed by atoms with Crippen molar-refractivity contribution in [1.29, 1.82) is 0 Å². The van der Waals surface area contributed by atoms with Crippen LogP contribution in [0.4, 0.5) is 0 Å². The average molecular weight is 262 g/mol. The number of ether oxygens (including phenoxy) is 1. The first-order chi connectivity index (χ1) is 8.62. The zero-order valence-electron chi connectivity index (χ0n) is 12.9. The molecule has 0 spiro atoms. The van der Waals surface area contributed by atoms with E-state index in [1.807, 2.05) is 0 Å². The van der Waals surface area contributed by atoms with Gasteiger partial charge in [0, 0.05) is 5.92 Å². The third kappa shape index (κ3) is 2.85. The first-order valence-electron chi connectivity index (χ1n) is 7.08. The summed E-state index contributed by atoms with van der Waals surface area (Å²) in [6, 6.07) is 6.25. The first kappa shape index (κ1) is 14.5. The van der Waals surface area contributed by atoms with Gasteiger partial charge < -0.3 is 9.84 Å². The smallest absolute Gasteiger partial charge is 0.0849 e. The molecule has 19 heavy (non-hydrogen) atoms. The van der Waals surface area contributed by atoms with Gasteiger partial charge in [-0.2, -0.15) is 0 Å². The maximum absolute atomic E-state index is 10.8. The lowest BCUT2D eigenvalue weighted by molar-refractivity contribution is -0.0880. The molecule has 2 nitrogen and oxygen atoms in total. The highest BCUT2D eigenvalue weighted by Crippen LogP contribution is 2.48. The molecule has 0 bridgehead atoms. The minimum absolute atomic E-state index is 0.129. The van der Waals surface area contributed by atoms with Gasteiger partial charge in [-0.1, -0.05) is 23.8 Å². The summed E-state index contributed by atoms with van der Waals surface area (Å²) in [7, 11) is 0. The molecule has 1 heterocycles. The van der Waals surface area contributed by atoms with E-state index in [1.54, 1.807) is 0 Å². The topological polar surface area (TPSA) is 29.5 Å². The molecule has 1 aliphatic heterocycles. The number of hydrogen-bond acceptors (Lipinski definition) is 2. The Morgan fingerprint density at radius 3 is 2.32 bits per heavy atom. The van der Waals surface area contributed by atoms with Crippen molar-refractivity contribution in [3.8, 4) is 0 Å². The molecule has 0 radical (unpaired) electrons. The Labute approximate surface area is 116 Å².